The third kappa shape index (κ3) is 2.30. The highest BCUT2D eigenvalue weighted by Crippen LogP contribution is 2.26. The van der Waals surface area contributed by atoms with E-state index in [-0.39, 0.29) is 6.04 Å². The van der Waals surface area contributed by atoms with Crippen molar-refractivity contribution in [2.45, 2.75) is 19.5 Å². The van der Waals surface area contributed by atoms with E-state index >= 15 is 0 Å². The van der Waals surface area contributed by atoms with E-state index in [2.05, 4.69) is 20.4 Å². The number of aromatic nitrogens is 4. The Morgan fingerprint density at radius 1 is 1.53 bits per heavy atom. The van der Waals surface area contributed by atoms with Crippen molar-refractivity contribution >= 4 is 11.6 Å². The predicted octanol–water partition coefficient (Wildman–Crippen LogP) is 1.66. The van der Waals surface area contributed by atoms with E-state index in [0.29, 0.717) is 5.02 Å². The topological polar surface area (TPSA) is 55.6 Å². The van der Waals surface area contributed by atoms with Crippen LogP contribution in [0.3, 0.4) is 0 Å². The molecule has 0 fully saturated rings. The number of hydrogen-bond donors (Lipinski definition) is 1. The molecule has 2 heterocycles. The summed E-state index contributed by atoms with van der Waals surface area (Å²) in [6.07, 6.45) is 4.90. The normalized spacial score (nSPS) is 12.6. The quantitative estimate of drug-likeness (QED) is 0.898. The summed E-state index contributed by atoms with van der Waals surface area (Å²) in [4.78, 5) is 8.16. The second kappa shape index (κ2) is 5.25. The molecule has 1 N–H and O–H groups in total. The highest BCUT2D eigenvalue weighted by Gasteiger charge is 2.21. The van der Waals surface area contributed by atoms with Gasteiger partial charge in [-0.05, 0) is 20.0 Å². The summed E-state index contributed by atoms with van der Waals surface area (Å²) in [7, 11) is 1.87. The first-order valence-corrected chi connectivity index (χ1v) is 5.80. The van der Waals surface area contributed by atoms with E-state index in [4.69, 9.17) is 11.6 Å². The van der Waals surface area contributed by atoms with Gasteiger partial charge in [0, 0.05) is 12.7 Å². The Bertz CT molecular complexity index is 482. The van der Waals surface area contributed by atoms with Crippen LogP contribution in [0.1, 0.15) is 24.4 Å². The van der Waals surface area contributed by atoms with Crippen molar-refractivity contribution in [3.05, 3.63) is 41.2 Å². The van der Waals surface area contributed by atoms with Gasteiger partial charge >= 0.3 is 0 Å². The molecule has 0 aliphatic heterocycles. The highest BCUT2D eigenvalue weighted by molar-refractivity contribution is 6.31. The summed E-state index contributed by atoms with van der Waals surface area (Å²) < 4.78 is 1.87. The fourth-order valence-electron chi connectivity index (χ4n) is 1.81. The summed E-state index contributed by atoms with van der Waals surface area (Å²) in [6, 6.07) is 1.79. The van der Waals surface area contributed by atoms with Crippen molar-refractivity contribution in [2.24, 2.45) is 0 Å². The summed E-state index contributed by atoms with van der Waals surface area (Å²) >= 11 is 6.18. The standard InChI is InChI=1S/C11H14ClN5/c1-3-17-11(8(12)6-16-17)10(13-2)9-4-5-14-7-15-9/h4-7,10,13H,3H2,1-2H3. The van der Waals surface area contributed by atoms with Crippen LogP contribution >= 0.6 is 11.6 Å². The number of hydrogen-bond acceptors (Lipinski definition) is 4. The van der Waals surface area contributed by atoms with Crippen molar-refractivity contribution in [3.8, 4) is 0 Å². The number of halogens is 1. The van der Waals surface area contributed by atoms with Gasteiger partial charge in [0.2, 0.25) is 0 Å². The van der Waals surface area contributed by atoms with Crippen LogP contribution in [-0.4, -0.2) is 26.8 Å². The Labute approximate surface area is 105 Å². The predicted molar refractivity (Wildman–Crippen MR) is 65.8 cm³/mol. The number of rotatable bonds is 4. The zero-order chi connectivity index (χ0) is 12.3. The molecule has 1 atom stereocenters. The smallest absolute Gasteiger partial charge is 0.115 e. The zero-order valence-electron chi connectivity index (χ0n) is 9.76. The third-order valence-corrected chi connectivity index (χ3v) is 2.89. The molecular weight excluding hydrogens is 238 g/mol. The van der Waals surface area contributed by atoms with Gasteiger partial charge in [0.05, 0.1) is 28.6 Å². The van der Waals surface area contributed by atoms with Crippen molar-refractivity contribution in [2.75, 3.05) is 7.05 Å². The third-order valence-electron chi connectivity index (χ3n) is 2.60. The molecule has 0 amide bonds. The van der Waals surface area contributed by atoms with Crippen LogP contribution in [-0.2, 0) is 6.54 Å². The van der Waals surface area contributed by atoms with E-state index in [0.717, 1.165) is 17.9 Å². The molecule has 0 aliphatic carbocycles. The molecule has 1 unspecified atom stereocenters. The lowest BCUT2D eigenvalue weighted by Gasteiger charge is -2.17. The van der Waals surface area contributed by atoms with Crippen LogP contribution < -0.4 is 5.32 Å². The second-order valence-corrected chi connectivity index (χ2v) is 3.96. The van der Waals surface area contributed by atoms with Gasteiger partial charge in [-0.2, -0.15) is 5.10 Å². The lowest BCUT2D eigenvalue weighted by atomic mass is 10.1. The molecule has 90 valence electrons. The van der Waals surface area contributed by atoms with Crippen LogP contribution in [0.25, 0.3) is 0 Å². The Morgan fingerprint density at radius 2 is 2.35 bits per heavy atom. The minimum absolute atomic E-state index is 0.0760. The Balaban J connectivity index is 2.45. The zero-order valence-corrected chi connectivity index (χ0v) is 10.5. The Hall–Kier alpha value is -1.46. The molecule has 0 saturated heterocycles. The Morgan fingerprint density at radius 3 is 2.94 bits per heavy atom. The number of aryl methyl sites for hydroxylation is 1. The van der Waals surface area contributed by atoms with Gasteiger partial charge in [-0.3, -0.25) is 4.68 Å². The average molecular weight is 252 g/mol. The van der Waals surface area contributed by atoms with Gasteiger partial charge < -0.3 is 5.32 Å². The maximum absolute atomic E-state index is 6.18. The fraction of sp³-hybridized carbons (Fsp3) is 0.364. The summed E-state index contributed by atoms with van der Waals surface area (Å²) in [5, 5.41) is 8.07. The van der Waals surface area contributed by atoms with E-state index in [1.165, 1.54) is 6.33 Å². The average Bonchev–Trinajstić information content (AvgIpc) is 2.74. The molecule has 0 bridgehead atoms. The first kappa shape index (κ1) is 12.0. The highest BCUT2D eigenvalue weighted by atomic mass is 35.5. The molecule has 6 heteroatoms. The van der Waals surface area contributed by atoms with Crippen LogP contribution in [0.2, 0.25) is 5.02 Å². The van der Waals surface area contributed by atoms with Gasteiger partial charge in [0.25, 0.3) is 0 Å². The van der Waals surface area contributed by atoms with Gasteiger partial charge in [-0.15, -0.1) is 0 Å². The molecule has 2 aromatic heterocycles. The van der Waals surface area contributed by atoms with Gasteiger partial charge in [0.15, 0.2) is 0 Å². The Kier molecular flexibility index (Phi) is 3.71. The van der Waals surface area contributed by atoms with Gasteiger partial charge in [-0.1, -0.05) is 11.6 Å². The molecule has 2 rings (SSSR count). The first-order valence-electron chi connectivity index (χ1n) is 5.42. The summed E-state index contributed by atoms with van der Waals surface area (Å²) in [6.45, 7) is 2.80. The van der Waals surface area contributed by atoms with Crippen molar-refractivity contribution in [1.82, 2.24) is 25.1 Å². The monoisotopic (exact) mass is 251 g/mol. The maximum atomic E-state index is 6.18. The number of nitrogens with one attached hydrogen (secondary N) is 1. The van der Waals surface area contributed by atoms with E-state index in [1.54, 1.807) is 12.4 Å². The molecule has 2 aromatic rings. The first-order chi connectivity index (χ1) is 8.27. The molecule has 0 saturated carbocycles. The summed E-state index contributed by atoms with van der Waals surface area (Å²) in [5.74, 6) is 0. The summed E-state index contributed by atoms with van der Waals surface area (Å²) in [5.41, 5.74) is 1.80. The van der Waals surface area contributed by atoms with Crippen LogP contribution in [0.4, 0.5) is 0 Å². The largest absolute Gasteiger partial charge is 0.307 e. The fourth-order valence-corrected chi connectivity index (χ4v) is 2.06. The van der Waals surface area contributed by atoms with Gasteiger partial charge in [0.1, 0.15) is 6.33 Å². The SMILES string of the molecule is CCn1ncc(Cl)c1C(NC)c1ccncn1. The molecular formula is C11H14ClN5. The lowest BCUT2D eigenvalue weighted by Crippen LogP contribution is -2.22. The van der Waals surface area contributed by atoms with Crippen LogP contribution in [0, 0.1) is 0 Å². The minimum Gasteiger partial charge on any atom is -0.307 e. The minimum atomic E-state index is -0.0760. The molecule has 0 aliphatic rings. The molecule has 0 spiro atoms. The maximum Gasteiger partial charge on any atom is 0.115 e. The van der Waals surface area contributed by atoms with E-state index in [1.807, 2.05) is 24.7 Å². The van der Waals surface area contributed by atoms with Crippen LogP contribution in [0.5, 0.6) is 0 Å². The molecule has 17 heavy (non-hydrogen) atoms. The molecule has 5 nitrogen and oxygen atoms in total. The molecule has 0 aromatic carbocycles. The number of nitrogens with zero attached hydrogens (tertiary/aromatic N) is 4. The van der Waals surface area contributed by atoms with Gasteiger partial charge in [-0.25, -0.2) is 9.97 Å². The van der Waals surface area contributed by atoms with Crippen molar-refractivity contribution in [1.29, 1.82) is 0 Å². The van der Waals surface area contributed by atoms with Crippen LogP contribution in [0.15, 0.2) is 24.8 Å². The molecule has 0 radical (unpaired) electrons. The van der Waals surface area contributed by atoms with Crippen molar-refractivity contribution in [3.63, 3.8) is 0 Å². The second-order valence-electron chi connectivity index (χ2n) is 3.55. The van der Waals surface area contributed by atoms with Crippen molar-refractivity contribution < 1.29 is 0 Å². The lowest BCUT2D eigenvalue weighted by molar-refractivity contribution is 0.555. The van der Waals surface area contributed by atoms with E-state index in [9.17, 15) is 0 Å². The van der Waals surface area contributed by atoms with E-state index < -0.39 is 0 Å².